The number of para-hydroxylation sites is 1. The van der Waals surface area contributed by atoms with E-state index in [4.69, 9.17) is 0 Å². The van der Waals surface area contributed by atoms with Gasteiger partial charge in [-0.15, -0.1) is 0 Å². The van der Waals surface area contributed by atoms with Crippen LogP contribution >= 0.6 is 0 Å². The topological polar surface area (TPSA) is 68.9 Å². The van der Waals surface area contributed by atoms with E-state index in [2.05, 4.69) is 10.4 Å². The molecule has 1 atom stereocenters. The second kappa shape index (κ2) is 7.50. The van der Waals surface area contributed by atoms with Crippen LogP contribution in [0.3, 0.4) is 0 Å². The van der Waals surface area contributed by atoms with E-state index in [0.717, 1.165) is 21.9 Å². The first-order valence-corrected chi connectivity index (χ1v) is 9.48. The Labute approximate surface area is 166 Å². The van der Waals surface area contributed by atoms with Crippen molar-refractivity contribution in [1.82, 2.24) is 19.7 Å². The lowest BCUT2D eigenvalue weighted by atomic mass is 10.1. The summed E-state index contributed by atoms with van der Waals surface area (Å²) < 4.78 is 16.2. The lowest BCUT2D eigenvalue weighted by Crippen LogP contribution is -2.33. The van der Waals surface area contributed by atoms with Gasteiger partial charge in [0.25, 0.3) is 5.56 Å². The summed E-state index contributed by atoms with van der Waals surface area (Å²) in [5.74, 6) is -0.514. The number of aromatic nitrogens is 3. The molecule has 2 aromatic heterocycles. The van der Waals surface area contributed by atoms with Crippen molar-refractivity contribution < 1.29 is 9.18 Å². The van der Waals surface area contributed by atoms with Gasteiger partial charge in [0.15, 0.2) is 0 Å². The van der Waals surface area contributed by atoms with Crippen molar-refractivity contribution in [1.29, 1.82) is 0 Å². The van der Waals surface area contributed by atoms with Gasteiger partial charge in [0.1, 0.15) is 17.4 Å². The van der Waals surface area contributed by atoms with E-state index in [1.165, 1.54) is 16.8 Å². The molecule has 0 aliphatic heterocycles. The third-order valence-corrected chi connectivity index (χ3v) is 5.19. The minimum Gasteiger partial charge on any atom is -0.350 e. The highest BCUT2D eigenvalue weighted by molar-refractivity contribution is 6.08. The highest BCUT2D eigenvalue weighted by Gasteiger charge is 2.25. The zero-order chi connectivity index (χ0) is 20.5. The van der Waals surface area contributed by atoms with Gasteiger partial charge < -0.3 is 9.88 Å². The molecule has 2 heterocycles. The molecule has 1 N–H and O–H groups in total. The Kier molecular flexibility index (Phi) is 4.88. The number of carbonyl (C=O) groups excluding carboxylic acids is 1. The highest BCUT2D eigenvalue weighted by atomic mass is 19.1. The number of aryl methyl sites for hydroxylation is 1. The van der Waals surface area contributed by atoms with Crippen LogP contribution < -0.4 is 10.9 Å². The van der Waals surface area contributed by atoms with Crippen molar-refractivity contribution in [3.8, 4) is 0 Å². The van der Waals surface area contributed by atoms with Crippen LogP contribution in [0, 0.1) is 5.82 Å². The second-order valence-electron chi connectivity index (χ2n) is 6.99. The molecule has 7 heteroatoms. The molecule has 29 heavy (non-hydrogen) atoms. The summed E-state index contributed by atoms with van der Waals surface area (Å²) in [7, 11) is 1.60. The van der Waals surface area contributed by atoms with Gasteiger partial charge in [-0.2, -0.15) is 5.10 Å². The van der Waals surface area contributed by atoms with Gasteiger partial charge in [0.2, 0.25) is 5.91 Å². The monoisotopic (exact) mass is 392 g/mol. The number of nitrogens with zero attached hydrogens (tertiary/aromatic N) is 3. The third kappa shape index (κ3) is 3.29. The summed E-state index contributed by atoms with van der Waals surface area (Å²) in [6.07, 6.45) is 2.17. The van der Waals surface area contributed by atoms with Gasteiger partial charge in [-0.25, -0.2) is 9.07 Å². The van der Waals surface area contributed by atoms with Crippen molar-refractivity contribution in [3.05, 3.63) is 76.5 Å². The molecule has 4 aromatic rings. The summed E-state index contributed by atoms with van der Waals surface area (Å²) >= 11 is 0. The predicted octanol–water partition coefficient (Wildman–Crippen LogP) is 3.29. The Balaban J connectivity index is 1.78. The second-order valence-corrected chi connectivity index (χ2v) is 6.99. The summed E-state index contributed by atoms with van der Waals surface area (Å²) in [6.45, 7) is 2.20. The molecular weight excluding hydrogens is 371 g/mol. The standard InChI is InChI=1S/C22H21FN4O2/c1-3-18(21(28)24-12-14-8-10-15(23)11-9-14)27-19-7-5-4-6-16(19)17-13-25-26(2)22(29)20(17)27/h4-11,13,18H,3,12H2,1-2H3,(H,24,28)/t18-/m0/s1. The first-order chi connectivity index (χ1) is 14.0. The van der Waals surface area contributed by atoms with E-state index >= 15 is 0 Å². The molecule has 2 aromatic carbocycles. The Hall–Kier alpha value is -3.48. The number of hydrogen-bond donors (Lipinski definition) is 1. The van der Waals surface area contributed by atoms with Gasteiger partial charge in [-0.3, -0.25) is 9.59 Å². The Morgan fingerprint density at radius 1 is 1.14 bits per heavy atom. The summed E-state index contributed by atoms with van der Waals surface area (Å²) in [5, 5.41) is 8.67. The SMILES string of the molecule is CC[C@@H](C(=O)NCc1ccc(F)cc1)n1c2ccccc2c2cnn(C)c(=O)c21. The van der Waals surface area contributed by atoms with Crippen molar-refractivity contribution in [2.75, 3.05) is 0 Å². The molecule has 1 amide bonds. The van der Waals surface area contributed by atoms with Crippen LogP contribution in [0.2, 0.25) is 0 Å². The number of amides is 1. The van der Waals surface area contributed by atoms with Crippen LogP contribution in [0.15, 0.2) is 59.5 Å². The molecule has 0 aliphatic carbocycles. The molecule has 0 spiro atoms. The molecule has 0 saturated heterocycles. The summed E-state index contributed by atoms with van der Waals surface area (Å²) in [6, 6.07) is 13.1. The molecule has 0 unspecified atom stereocenters. The van der Waals surface area contributed by atoms with Crippen LogP contribution in [0.4, 0.5) is 4.39 Å². The zero-order valence-corrected chi connectivity index (χ0v) is 16.2. The number of fused-ring (bicyclic) bond motifs is 3. The maximum atomic E-state index is 13.1. The van der Waals surface area contributed by atoms with E-state index in [-0.39, 0.29) is 23.8 Å². The molecule has 0 bridgehead atoms. The maximum absolute atomic E-state index is 13.1. The number of nitrogens with one attached hydrogen (secondary N) is 1. The molecular formula is C22H21FN4O2. The minimum atomic E-state index is -0.562. The lowest BCUT2D eigenvalue weighted by Gasteiger charge is -2.19. The van der Waals surface area contributed by atoms with Crippen molar-refractivity contribution >= 4 is 27.7 Å². The van der Waals surface area contributed by atoms with Crippen LogP contribution in [0.1, 0.15) is 24.9 Å². The number of hydrogen-bond acceptors (Lipinski definition) is 3. The van der Waals surface area contributed by atoms with E-state index in [1.54, 1.807) is 25.4 Å². The van der Waals surface area contributed by atoms with E-state index in [1.807, 2.05) is 35.8 Å². The Morgan fingerprint density at radius 2 is 1.86 bits per heavy atom. The van der Waals surface area contributed by atoms with E-state index in [9.17, 15) is 14.0 Å². The third-order valence-electron chi connectivity index (χ3n) is 5.19. The molecule has 6 nitrogen and oxygen atoms in total. The smallest absolute Gasteiger partial charge is 0.291 e. The lowest BCUT2D eigenvalue weighted by molar-refractivity contribution is -0.124. The number of carbonyl (C=O) groups is 1. The van der Waals surface area contributed by atoms with Crippen molar-refractivity contribution in [3.63, 3.8) is 0 Å². The first kappa shape index (κ1) is 18.9. The number of benzene rings is 2. The first-order valence-electron chi connectivity index (χ1n) is 9.48. The molecule has 0 aliphatic rings. The van der Waals surface area contributed by atoms with Gasteiger partial charge in [-0.1, -0.05) is 37.3 Å². The fourth-order valence-corrected chi connectivity index (χ4v) is 3.71. The van der Waals surface area contributed by atoms with E-state index < -0.39 is 6.04 Å². The van der Waals surface area contributed by atoms with Gasteiger partial charge >= 0.3 is 0 Å². The molecule has 4 rings (SSSR count). The van der Waals surface area contributed by atoms with Crippen LogP contribution in [-0.2, 0) is 18.4 Å². The van der Waals surface area contributed by atoms with Crippen molar-refractivity contribution in [2.24, 2.45) is 7.05 Å². The molecule has 148 valence electrons. The molecule has 0 saturated carbocycles. The summed E-state index contributed by atoms with van der Waals surface area (Å²) in [5.41, 5.74) is 1.84. The number of halogens is 1. The fourth-order valence-electron chi connectivity index (χ4n) is 3.71. The largest absolute Gasteiger partial charge is 0.350 e. The predicted molar refractivity (Wildman–Crippen MR) is 110 cm³/mol. The van der Waals surface area contributed by atoms with Gasteiger partial charge in [0, 0.05) is 24.4 Å². The minimum absolute atomic E-state index is 0.196. The Bertz CT molecular complexity index is 1260. The number of rotatable bonds is 5. The highest BCUT2D eigenvalue weighted by Crippen LogP contribution is 2.30. The van der Waals surface area contributed by atoms with Crippen LogP contribution in [-0.4, -0.2) is 20.3 Å². The quantitative estimate of drug-likeness (QED) is 0.567. The summed E-state index contributed by atoms with van der Waals surface area (Å²) in [4.78, 5) is 26.0. The molecule has 0 fully saturated rings. The van der Waals surface area contributed by atoms with E-state index in [0.29, 0.717) is 11.9 Å². The van der Waals surface area contributed by atoms with Gasteiger partial charge in [0.05, 0.1) is 11.7 Å². The molecule has 0 radical (unpaired) electrons. The average Bonchev–Trinajstić information content (AvgIpc) is 3.06. The average molecular weight is 392 g/mol. The van der Waals surface area contributed by atoms with Crippen molar-refractivity contribution in [2.45, 2.75) is 25.9 Å². The van der Waals surface area contributed by atoms with Crippen LogP contribution in [0.25, 0.3) is 21.8 Å². The van der Waals surface area contributed by atoms with Gasteiger partial charge in [-0.05, 0) is 30.2 Å². The zero-order valence-electron chi connectivity index (χ0n) is 16.2. The van der Waals surface area contributed by atoms with Crippen LogP contribution in [0.5, 0.6) is 0 Å². The Morgan fingerprint density at radius 3 is 2.59 bits per heavy atom. The normalized spacial score (nSPS) is 12.4. The maximum Gasteiger partial charge on any atom is 0.291 e. The fraction of sp³-hybridized carbons (Fsp3) is 0.227.